The van der Waals surface area contributed by atoms with Gasteiger partial charge in [0, 0.05) is 13.1 Å². The highest BCUT2D eigenvalue weighted by Crippen LogP contribution is 2.09. The van der Waals surface area contributed by atoms with Gasteiger partial charge in [0.1, 0.15) is 0 Å². The highest BCUT2D eigenvalue weighted by molar-refractivity contribution is 5.79. The molecule has 0 aromatic rings. The molecule has 0 aromatic heterocycles. The highest BCUT2D eigenvalue weighted by Gasteiger charge is 2.19. The number of carbonyl (C=O) groups is 1. The van der Waals surface area contributed by atoms with Gasteiger partial charge < -0.3 is 11.1 Å². The molecule has 0 heterocycles. The molecule has 0 saturated carbocycles. The van der Waals surface area contributed by atoms with E-state index in [-0.39, 0.29) is 11.8 Å². The maximum atomic E-state index is 11.6. The zero-order valence-corrected chi connectivity index (χ0v) is 9.84. The van der Waals surface area contributed by atoms with Gasteiger partial charge in [-0.3, -0.25) is 4.79 Å². The summed E-state index contributed by atoms with van der Waals surface area (Å²) in [4.78, 5) is 11.6. The van der Waals surface area contributed by atoms with Crippen LogP contribution in [0, 0.1) is 17.8 Å². The number of carbonyl (C=O) groups excluding carboxylic acids is 1. The fraction of sp³-hybridized carbons (Fsp3) is 0.909. The first-order valence-corrected chi connectivity index (χ1v) is 5.46. The van der Waals surface area contributed by atoms with E-state index in [0.29, 0.717) is 18.4 Å². The summed E-state index contributed by atoms with van der Waals surface area (Å²) in [5.74, 6) is 1.01. The van der Waals surface area contributed by atoms with Crippen molar-refractivity contribution in [1.82, 2.24) is 5.32 Å². The largest absolute Gasteiger partial charge is 0.356 e. The second-order valence-corrected chi connectivity index (χ2v) is 4.56. The lowest BCUT2D eigenvalue weighted by Crippen LogP contribution is -2.38. The second kappa shape index (κ2) is 6.82. The minimum absolute atomic E-state index is 0.0397. The van der Waals surface area contributed by atoms with Gasteiger partial charge in [-0.15, -0.1) is 0 Å². The van der Waals surface area contributed by atoms with E-state index in [2.05, 4.69) is 19.2 Å². The van der Waals surface area contributed by atoms with E-state index in [0.717, 1.165) is 13.0 Å². The average Bonchev–Trinajstić information content (AvgIpc) is 2.03. The summed E-state index contributed by atoms with van der Waals surface area (Å²) in [6.07, 6.45) is 1.03. The molecule has 3 heteroatoms. The van der Waals surface area contributed by atoms with Gasteiger partial charge in [0.15, 0.2) is 0 Å². The van der Waals surface area contributed by atoms with Gasteiger partial charge in [-0.1, -0.05) is 27.7 Å². The number of amides is 1. The Morgan fingerprint density at radius 2 is 1.86 bits per heavy atom. The normalized spacial score (nSPS) is 13.4. The van der Waals surface area contributed by atoms with Gasteiger partial charge in [0.05, 0.1) is 5.92 Å². The molecule has 84 valence electrons. The Balaban J connectivity index is 3.81. The highest BCUT2D eigenvalue weighted by atomic mass is 16.1. The number of nitrogens with one attached hydrogen (secondary N) is 1. The molecule has 14 heavy (non-hydrogen) atoms. The molecule has 0 spiro atoms. The Bertz CT molecular complexity index is 167. The van der Waals surface area contributed by atoms with Crippen molar-refractivity contribution in [3.63, 3.8) is 0 Å². The molecule has 1 unspecified atom stereocenters. The SMILES string of the molecule is CC(C)CCNC(=O)C(CN)C(C)C. The number of hydrogen-bond acceptors (Lipinski definition) is 2. The van der Waals surface area contributed by atoms with Crippen molar-refractivity contribution in [2.75, 3.05) is 13.1 Å². The van der Waals surface area contributed by atoms with Crippen molar-refractivity contribution in [1.29, 1.82) is 0 Å². The van der Waals surface area contributed by atoms with E-state index < -0.39 is 0 Å². The van der Waals surface area contributed by atoms with Crippen LogP contribution < -0.4 is 11.1 Å². The van der Waals surface area contributed by atoms with E-state index in [9.17, 15) is 4.79 Å². The smallest absolute Gasteiger partial charge is 0.224 e. The monoisotopic (exact) mass is 200 g/mol. The van der Waals surface area contributed by atoms with Crippen molar-refractivity contribution < 1.29 is 4.79 Å². The summed E-state index contributed by atoms with van der Waals surface area (Å²) >= 11 is 0. The van der Waals surface area contributed by atoms with E-state index in [1.165, 1.54) is 0 Å². The van der Waals surface area contributed by atoms with Crippen molar-refractivity contribution in [2.45, 2.75) is 34.1 Å². The maximum Gasteiger partial charge on any atom is 0.224 e. The van der Waals surface area contributed by atoms with Crippen LogP contribution in [0.2, 0.25) is 0 Å². The summed E-state index contributed by atoms with van der Waals surface area (Å²) < 4.78 is 0. The molecule has 0 aliphatic rings. The summed E-state index contributed by atoms with van der Waals surface area (Å²) in [5.41, 5.74) is 5.55. The van der Waals surface area contributed by atoms with Crippen LogP contribution in [0.4, 0.5) is 0 Å². The Morgan fingerprint density at radius 3 is 2.21 bits per heavy atom. The minimum Gasteiger partial charge on any atom is -0.356 e. The van der Waals surface area contributed by atoms with Crippen LogP contribution in [-0.4, -0.2) is 19.0 Å². The first kappa shape index (κ1) is 13.4. The molecule has 0 radical (unpaired) electrons. The summed E-state index contributed by atoms with van der Waals surface area (Å²) in [6.45, 7) is 9.55. The molecule has 0 aliphatic heterocycles. The zero-order chi connectivity index (χ0) is 11.1. The quantitative estimate of drug-likeness (QED) is 0.680. The lowest BCUT2D eigenvalue weighted by atomic mass is 9.95. The van der Waals surface area contributed by atoms with E-state index in [1.807, 2.05) is 13.8 Å². The van der Waals surface area contributed by atoms with E-state index in [1.54, 1.807) is 0 Å². The van der Waals surface area contributed by atoms with E-state index >= 15 is 0 Å². The van der Waals surface area contributed by atoms with Crippen LogP contribution in [0.5, 0.6) is 0 Å². The van der Waals surface area contributed by atoms with Crippen LogP contribution >= 0.6 is 0 Å². The maximum absolute atomic E-state index is 11.6. The molecule has 0 saturated heterocycles. The molecule has 0 aliphatic carbocycles. The lowest BCUT2D eigenvalue weighted by molar-refractivity contribution is -0.125. The number of nitrogens with two attached hydrogens (primary N) is 1. The molecule has 1 atom stereocenters. The van der Waals surface area contributed by atoms with Crippen molar-refractivity contribution in [2.24, 2.45) is 23.5 Å². The van der Waals surface area contributed by atoms with Crippen LogP contribution in [0.25, 0.3) is 0 Å². The fourth-order valence-electron chi connectivity index (χ4n) is 1.30. The first-order valence-electron chi connectivity index (χ1n) is 5.46. The third kappa shape index (κ3) is 5.22. The fourth-order valence-corrected chi connectivity index (χ4v) is 1.30. The van der Waals surface area contributed by atoms with Gasteiger partial charge in [0.25, 0.3) is 0 Å². The standard InChI is InChI=1S/C11H24N2O/c1-8(2)5-6-13-11(14)10(7-12)9(3)4/h8-10H,5-7,12H2,1-4H3,(H,13,14). The van der Waals surface area contributed by atoms with E-state index in [4.69, 9.17) is 5.73 Å². The molecule has 3 nitrogen and oxygen atoms in total. The van der Waals surface area contributed by atoms with Crippen molar-refractivity contribution in [3.05, 3.63) is 0 Å². The van der Waals surface area contributed by atoms with Crippen molar-refractivity contribution in [3.8, 4) is 0 Å². The van der Waals surface area contributed by atoms with Crippen LogP contribution in [-0.2, 0) is 4.79 Å². The molecule has 1 amide bonds. The average molecular weight is 200 g/mol. The summed E-state index contributed by atoms with van der Waals surface area (Å²) in [5, 5.41) is 2.93. The third-order valence-corrected chi connectivity index (χ3v) is 2.42. The molecule has 0 rings (SSSR count). The first-order chi connectivity index (χ1) is 6.49. The summed E-state index contributed by atoms with van der Waals surface area (Å²) in [7, 11) is 0. The minimum atomic E-state index is -0.0397. The van der Waals surface area contributed by atoms with Gasteiger partial charge in [0.2, 0.25) is 5.91 Å². The Labute approximate surface area is 87.4 Å². The second-order valence-electron chi connectivity index (χ2n) is 4.56. The Morgan fingerprint density at radius 1 is 1.29 bits per heavy atom. The van der Waals surface area contributed by atoms with Gasteiger partial charge in [-0.25, -0.2) is 0 Å². The van der Waals surface area contributed by atoms with Crippen molar-refractivity contribution >= 4 is 5.91 Å². The van der Waals surface area contributed by atoms with Gasteiger partial charge in [-0.2, -0.15) is 0 Å². The van der Waals surface area contributed by atoms with Crippen LogP contribution in [0.15, 0.2) is 0 Å². The van der Waals surface area contributed by atoms with Crippen LogP contribution in [0.1, 0.15) is 34.1 Å². The third-order valence-electron chi connectivity index (χ3n) is 2.42. The van der Waals surface area contributed by atoms with Gasteiger partial charge in [-0.05, 0) is 18.3 Å². The molecule has 0 bridgehead atoms. The van der Waals surface area contributed by atoms with Crippen LogP contribution in [0.3, 0.4) is 0 Å². The Kier molecular flexibility index (Phi) is 6.54. The molecule has 0 fully saturated rings. The number of hydrogen-bond donors (Lipinski definition) is 2. The molecular formula is C11H24N2O. The molecular weight excluding hydrogens is 176 g/mol. The predicted molar refractivity (Wildman–Crippen MR) is 59.8 cm³/mol. The van der Waals surface area contributed by atoms with Gasteiger partial charge >= 0.3 is 0 Å². The lowest BCUT2D eigenvalue weighted by Gasteiger charge is -2.18. The zero-order valence-electron chi connectivity index (χ0n) is 9.84. The Hall–Kier alpha value is -0.570. The predicted octanol–water partition coefficient (Wildman–Crippen LogP) is 1.38. The molecule has 0 aromatic carbocycles. The number of rotatable bonds is 6. The molecule has 3 N–H and O–H groups in total. The topological polar surface area (TPSA) is 55.1 Å². The summed E-state index contributed by atoms with van der Waals surface area (Å²) in [6, 6.07) is 0.